The molecule has 2 rings (SSSR count). The van der Waals surface area contributed by atoms with Gasteiger partial charge in [0.25, 0.3) is 5.91 Å². The fourth-order valence-corrected chi connectivity index (χ4v) is 2.76. The summed E-state index contributed by atoms with van der Waals surface area (Å²) in [4.78, 5) is 14.1. The normalized spacial score (nSPS) is 11.2. The number of benzene rings is 2. The molecular formula is C16H16ClNO3S. The number of halogens is 1. The summed E-state index contributed by atoms with van der Waals surface area (Å²) in [7, 11) is -1.56. The van der Waals surface area contributed by atoms with Crippen LogP contribution in [0.3, 0.4) is 0 Å². The van der Waals surface area contributed by atoms with Gasteiger partial charge in [-0.15, -0.1) is 0 Å². The van der Waals surface area contributed by atoms with Crippen LogP contribution in [0.2, 0.25) is 5.02 Å². The Morgan fingerprint density at radius 3 is 2.09 bits per heavy atom. The van der Waals surface area contributed by atoms with Crippen LogP contribution in [0.25, 0.3) is 0 Å². The van der Waals surface area contributed by atoms with E-state index in [2.05, 4.69) is 0 Å². The summed E-state index contributed by atoms with van der Waals surface area (Å²) in [5.41, 5.74) is 1.41. The van der Waals surface area contributed by atoms with Crippen LogP contribution in [-0.2, 0) is 16.4 Å². The van der Waals surface area contributed by atoms with Crippen molar-refractivity contribution in [1.82, 2.24) is 4.90 Å². The number of carbonyl (C=O) groups is 1. The molecule has 22 heavy (non-hydrogen) atoms. The van der Waals surface area contributed by atoms with Crippen molar-refractivity contribution >= 4 is 27.3 Å². The van der Waals surface area contributed by atoms with Crippen molar-refractivity contribution in [3.05, 3.63) is 64.7 Å². The Labute approximate surface area is 135 Å². The van der Waals surface area contributed by atoms with E-state index in [0.717, 1.165) is 11.8 Å². The van der Waals surface area contributed by atoms with Crippen molar-refractivity contribution in [2.24, 2.45) is 0 Å². The van der Waals surface area contributed by atoms with Crippen molar-refractivity contribution in [2.45, 2.75) is 11.4 Å². The van der Waals surface area contributed by atoms with Gasteiger partial charge in [-0.25, -0.2) is 8.42 Å². The molecule has 0 heterocycles. The third-order valence-electron chi connectivity index (χ3n) is 3.21. The van der Waals surface area contributed by atoms with Crippen LogP contribution >= 0.6 is 11.6 Å². The van der Waals surface area contributed by atoms with Crippen molar-refractivity contribution in [3.8, 4) is 0 Å². The van der Waals surface area contributed by atoms with Gasteiger partial charge in [-0.05, 0) is 42.0 Å². The highest BCUT2D eigenvalue weighted by Crippen LogP contribution is 2.14. The van der Waals surface area contributed by atoms with Gasteiger partial charge in [0.2, 0.25) is 0 Å². The first-order chi connectivity index (χ1) is 10.3. The molecule has 0 atom stereocenters. The number of sulfone groups is 1. The summed E-state index contributed by atoms with van der Waals surface area (Å²) >= 11 is 5.83. The molecule has 0 radical (unpaired) electrons. The van der Waals surface area contributed by atoms with Gasteiger partial charge in [-0.1, -0.05) is 23.7 Å². The molecule has 0 aliphatic heterocycles. The molecule has 0 saturated heterocycles. The smallest absolute Gasteiger partial charge is 0.253 e. The standard InChI is InChI=1S/C16H16ClNO3S/c1-18(11-12-3-7-14(17)8-4-12)16(19)13-5-9-15(10-6-13)22(2,20)21/h3-10H,11H2,1-2H3. The van der Waals surface area contributed by atoms with Gasteiger partial charge in [0.05, 0.1) is 4.90 Å². The van der Waals surface area contributed by atoms with Crippen LogP contribution in [-0.4, -0.2) is 32.5 Å². The molecule has 0 aliphatic carbocycles. The molecule has 2 aromatic carbocycles. The van der Waals surface area contributed by atoms with Crippen LogP contribution in [0.1, 0.15) is 15.9 Å². The first kappa shape index (κ1) is 16.5. The van der Waals surface area contributed by atoms with Crippen molar-refractivity contribution in [3.63, 3.8) is 0 Å². The second kappa shape index (κ2) is 6.50. The van der Waals surface area contributed by atoms with Gasteiger partial charge in [-0.2, -0.15) is 0 Å². The summed E-state index contributed by atoms with van der Waals surface area (Å²) in [6, 6.07) is 13.2. The second-order valence-corrected chi connectivity index (χ2v) is 7.54. The molecule has 4 nitrogen and oxygen atoms in total. The molecule has 1 amide bonds. The number of amides is 1. The van der Waals surface area contributed by atoms with E-state index in [1.807, 2.05) is 12.1 Å². The fraction of sp³-hybridized carbons (Fsp3) is 0.188. The summed E-state index contributed by atoms with van der Waals surface area (Å²) in [6.07, 6.45) is 1.14. The van der Waals surface area contributed by atoms with E-state index in [-0.39, 0.29) is 10.8 Å². The van der Waals surface area contributed by atoms with E-state index >= 15 is 0 Å². The number of nitrogens with zero attached hydrogens (tertiary/aromatic N) is 1. The Balaban J connectivity index is 2.12. The van der Waals surface area contributed by atoms with Gasteiger partial charge in [0.15, 0.2) is 9.84 Å². The van der Waals surface area contributed by atoms with Crippen LogP contribution in [0.15, 0.2) is 53.4 Å². The van der Waals surface area contributed by atoms with Gasteiger partial charge in [0, 0.05) is 30.4 Å². The molecule has 0 spiro atoms. The highest BCUT2D eigenvalue weighted by Gasteiger charge is 2.13. The third kappa shape index (κ3) is 4.08. The van der Waals surface area contributed by atoms with Gasteiger partial charge >= 0.3 is 0 Å². The highest BCUT2D eigenvalue weighted by molar-refractivity contribution is 7.90. The van der Waals surface area contributed by atoms with Gasteiger partial charge in [0.1, 0.15) is 0 Å². The van der Waals surface area contributed by atoms with E-state index in [1.54, 1.807) is 24.1 Å². The Morgan fingerprint density at radius 2 is 1.59 bits per heavy atom. The molecular weight excluding hydrogens is 322 g/mol. The number of hydrogen-bond donors (Lipinski definition) is 0. The summed E-state index contributed by atoms with van der Waals surface area (Å²) in [5, 5.41) is 0.647. The molecule has 0 fully saturated rings. The predicted octanol–water partition coefficient (Wildman–Crippen LogP) is 3.02. The predicted molar refractivity (Wildman–Crippen MR) is 86.8 cm³/mol. The molecule has 0 saturated carbocycles. The number of carbonyl (C=O) groups excluding carboxylic acids is 1. The van der Waals surface area contributed by atoms with Crippen LogP contribution in [0, 0.1) is 0 Å². The minimum Gasteiger partial charge on any atom is -0.337 e. The lowest BCUT2D eigenvalue weighted by atomic mass is 10.1. The average Bonchev–Trinajstić information content (AvgIpc) is 2.48. The lowest BCUT2D eigenvalue weighted by Gasteiger charge is -2.17. The summed E-state index contributed by atoms with van der Waals surface area (Å²) < 4.78 is 22.8. The monoisotopic (exact) mass is 337 g/mol. The molecule has 0 bridgehead atoms. The van der Waals surface area contributed by atoms with E-state index in [4.69, 9.17) is 11.6 Å². The molecule has 6 heteroatoms. The Bertz CT molecular complexity index is 768. The number of rotatable bonds is 4. The Kier molecular flexibility index (Phi) is 4.88. The zero-order valence-corrected chi connectivity index (χ0v) is 13.9. The molecule has 0 unspecified atom stereocenters. The van der Waals surface area contributed by atoms with Crippen molar-refractivity contribution in [1.29, 1.82) is 0 Å². The van der Waals surface area contributed by atoms with E-state index in [9.17, 15) is 13.2 Å². The molecule has 2 aromatic rings. The molecule has 0 aliphatic rings. The second-order valence-electron chi connectivity index (χ2n) is 5.08. The summed E-state index contributed by atoms with van der Waals surface area (Å²) in [5.74, 6) is -0.171. The minimum atomic E-state index is -3.26. The van der Waals surface area contributed by atoms with Crippen LogP contribution in [0.4, 0.5) is 0 Å². The Hall–Kier alpha value is -1.85. The fourth-order valence-electron chi connectivity index (χ4n) is 2.00. The quantitative estimate of drug-likeness (QED) is 0.861. The maximum atomic E-state index is 12.3. The van der Waals surface area contributed by atoms with E-state index in [0.29, 0.717) is 17.1 Å². The molecule has 116 valence electrons. The minimum absolute atomic E-state index is 0.171. The van der Waals surface area contributed by atoms with E-state index < -0.39 is 9.84 Å². The topological polar surface area (TPSA) is 54.5 Å². The Morgan fingerprint density at radius 1 is 1.05 bits per heavy atom. The first-order valence-electron chi connectivity index (χ1n) is 6.57. The maximum absolute atomic E-state index is 12.3. The SMILES string of the molecule is CN(Cc1ccc(Cl)cc1)C(=O)c1ccc(S(C)(=O)=O)cc1. The first-order valence-corrected chi connectivity index (χ1v) is 8.84. The zero-order valence-electron chi connectivity index (χ0n) is 12.3. The molecule has 0 aromatic heterocycles. The van der Waals surface area contributed by atoms with E-state index in [1.165, 1.54) is 24.3 Å². The highest BCUT2D eigenvalue weighted by atomic mass is 35.5. The third-order valence-corrected chi connectivity index (χ3v) is 4.59. The lowest BCUT2D eigenvalue weighted by Crippen LogP contribution is -2.26. The van der Waals surface area contributed by atoms with Crippen LogP contribution in [0.5, 0.6) is 0 Å². The summed E-state index contributed by atoms with van der Waals surface area (Å²) in [6.45, 7) is 0.448. The largest absolute Gasteiger partial charge is 0.337 e. The zero-order chi connectivity index (χ0) is 16.3. The van der Waals surface area contributed by atoms with Gasteiger partial charge < -0.3 is 4.90 Å². The number of hydrogen-bond acceptors (Lipinski definition) is 3. The van der Waals surface area contributed by atoms with Crippen molar-refractivity contribution in [2.75, 3.05) is 13.3 Å². The lowest BCUT2D eigenvalue weighted by molar-refractivity contribution is 0.0785. The van der Waals surface area contributed by atoms with Crippen molar-refractivity contribution < 1.29 is 13.2 Å². The van der Waals surface area contributed by atoms with Gasteiger partial charge in [-0.3, -0.25) is 4.79 Å². The van der Waals surface area contributed by atoms with Crippen LogP contribution < -0.4 is 0 Å². The maximum Gasteiger partial charge on any atom is 0.253 e. The average molecular weight is 338 g/mol. The molecule has 0 N–H and O–H groups in total.